The molecule has 1 rings (SSSR count). The quantitative estimate of drug-likeness (QED) is 0.625. The molecular formula is C8H9N3O2. The predicted octanol–water partition coefficient (Wildman–Crippen LogP) is -0.314. The monoisotopic (exact) mass is 179 g/mol. The normalized spacial score (nSPS) is 9.23. The summed E-state index contributed by atoms with van der Waals surface area (Å²) in [6.07, 6.45) is 1.56. The molecule has 13 heavy (non-hydrogen) atoms. The molecule has 0 aromatic carbocycles. The van der Waals surface area contributed by atoms with Gasteiger partial charge < -0.3 is 5.32 Å². The molecule has 5 nitrogen and oxygen atoms in total. The van der Waals surface area contributed by atoms with Crippen LogP contribution in [-0.2, 0) is 0 Å². The van der Waals surface area contributed by atoms with Gasteiger partial charge in [-0.3, -0.25) is 9.59 Å². The Labute approximate surface area is 74.5 Å². The van der Waals surface area contributed by atoms with Crippen LogP contribution < -0.4 is 10.9 Å². The third kappa shape index (κ3) is 2.55. The highest BCUT2D eigenvalue weighted by Crippen LogP contribution is 1.87. The second kappa shape index (κ2) is 4.20. The van der Waals surface area contributed by atoms with E-state index < -0.39 is 0 Å². The molecule has 1 heterocycles. The minimum Gasteiger partial charge on any atom is -0.347 e. The maximum atomic E-state index is 11.2. The molecule has 0 bridgehead atoms. The number of amides is 1. The maximum Gasteiger partial charge on any atom is 0.271 e. The van der Waals surface area contributed by atoms with E-state index in [4.69, 9.17) is 0 Å². The molecule has 0 aliphatic rings. The molecule has 0 spiro atoms. The van der Waals surface area contributed by atoms with Gasteiger partial charge in [0.05, 0.1) is 0 Å². The number of nitrogens with one attached hydrogen (secondary N) is 2. The van der Waals surface area contributed by atoms with Gasteiger partial charge in [-0.2, -0.15) is 5.10 Å². The van der Waals surface area contributed by atoms with E-state index in [0.717, 1.165) is 0 Å². The molecular weight excluding hydrogens is 170 g/mol. The standard InChI is InChI=1S/C8H9N3O2/c1-2-5-9-8(13)6-3-4-7(12)11-10-6/h2-4H,1,5H2,(H,9,13)(H,11,12). The van der Waals surface area contributed by atoms with Crippen molar-refractivity contribution in [1.29, 1.82) is 0 Å². The topological polar surface area (TPSA) is 74.8 Å². The molecule has 0 aliphatic carbocycles. The zero-order valence-corrected chi connectivity index (χ0v) is 6.91. The van der Waals surface area contributed by atoms with Gasteiger partial charge in [0, 0.05) is 12.6 Å². The van der Waals surface area contributed by atoms with Crippen LogP contribution in [0, 0.1) is 0 Å². The second-order valence-electron chi connectivity index (χ2n) is 2.31. The van der Waals surface area contributed by atoms with Crippen LogP contribution in [-0.4, -0.2) is 22.6 Å². The Balaban J connectivity index is 2.71. The molecule has 0 saturated heterocycles. The summed E-state index contributed by atoms with van der Waals surface area (Å²) >= 11 is 0. The third-order valence-electron chi connectivity index (χ3n) is 1.32. The Morgan fingerprint density at radius 3 is 3.00 bits per heavy atom. The Hall–Kier alpha value is -1.91. The van der Waals surface area contributed by atoms with Crippen molar-refractivity contribution in [2.75, 3.05) is 6.54 Å². The van der Waals surface area contributed by atoms with Crippen molar-refractivity contribution in [2.45, 2.75) is 0 Å². The van der Waals surface area contributed by atoms with Gasteiger partial charge in [0.25, 0.3) is 11.5 Å². The molecule has 68 valence electrons. The number of hydrogen-bond acceptors (Lipinski definition) is 3. The van der Waals surface area contributed by atoms with Crippen molar-refractivity contribution >= 4 is 5.91 Å². The van der Waals surface area contributed by atoms with E-state index in [2.05, 4.69) is 22.1 Å². The Morgan fingerprint density at radius 2 is 2.46 bits per heavy atom. The van der Waals surface area contributed by atoms with Crippen molar-refractivity contribution in [1.82, 2.24) is 15.5 Å². The van der Waals surface area contributed by atoms with Crippen LogP contribution in [0.2, 0.25) is 0 Å². The summed E-state index contributed by atoms with van der Waals surface area (Å²) in [5, 5.41) is 8.24. The Bertz CT molecular complexity index is 349. The summed E-state index contributed by atoms with van der Waals surface area (Å²) in [6, 6.07) is 2.60. The van der Waals surface area contributed by atoms with Gasteiger partial charge >= 0.3 is 0 Å². The third-order valence-corrected chi connectivity index (χ3v) is 1.32. The number of nitrogens with zero attached hydrogens (tertiary/aromatic N) is 1. The first kappa shape index (κ1) is 9.18. The summed E-state index contributed by atoms with van der Waals surface area (Å²) < 4.78 is 0. The second-order valence-corrected chi connectivity index (χ2v) is 2.31. The van der Waals surface area contributed by atoms with Crippen LogP contribution >= 0.6 is 0 Å². The van der Waals surface area contributed by atoms with E-state index in [1.165, 1.54) is 12.1 Å². The molecule has 1 aromatic heterocycles. The van der Waals surface area contributed by atoms with Crippen molar-refractivity contribution in [3.63, 3.8) is 0 Å². The molecule has 2 N–H and O–H groups in total. The molecule has 0 radical (unpaired) electrons. The number of rotatable bonds is 3. The fraction of sp³-hybridized carbons (Fsp3) is 0.125. The fourth-order valence-electron chi connectivity index (χ4n) is 0.726. The van der Waals surface area contributed by atoms with E-state index in [1.54, 1.807) is 6.08 Å². The molecule has 1 aromatic rings. The van der Waals surface area contributed by atoms with Gasteiger partial charge in [-0.05, 0) is 6.07 Å². The smallest absolute Gasteiger partial charge is 0.271 e. The highest BCUT2D eigenvalue weighted by molar-refractivity contribution is 5.92. The first-order valence-corrected chi connectivity index (χ1v) is 3.69. The lowest BCUT2D eigenvalue weighted by atomic mass is 10.3. The van der Waals surface area contributed by atoms with Gasteiger partial charge in [0.15, 0.2) is 0 Å². The molecule has 0 atom stereocenters. The van der Waals surface area contributed by atoms with Crippen LogP contribution in [0.3, 0.4) is 0 Å². The number of H-pyrrole nitrogens is 1. The lowest BCUT2D eigenvalue weighted by Crippen LogP contribution is -2.25. The van der Waals surface area contributed by atoms with E-state index in [1.807, 2.05) is 0 Å². The maximum absolute atomic E-state index is 11.2. The molecule has 0 fully saturated rings. The summed E-state index contributed by atoms with van der Waals surface area (Å²) in [6.45, 7) is 3.82. The highest BCUT2D eigenvalue weighted by Gasteiger charge is 2.04. The zero-order chi connectivity index (χ0) is 9.68. The first-order chi connectivity index (χ1) is 6.24. The van der Waals surface area contributed by atoms with Crippen LogP contribution in [0.5, 0.6) is 0 Å². The lowest BCUT2D eigenvalue weighted by molar-refractivity contribution is 0.0952. The van der Waals surface area contributed by atoms with Gasteiger partial charge in [0.1, 0.15) is 5.69 Å². The van der Waals surface area contributed by atoms with Crippen LogP contribution in [0.25, 0.3) is 0 Å². The summed E-state index contributed by atoms with van der Waals surface area (Å²) in [4.78, 5) is 21.8. The average molecular weight is 179 g/mol. The molecule has 1 amide bonds. The first-order valence-electron chi connectivity index (χ1n) is 3.69. The van der Waals surface area contributed by atoms with E-state index >= 15 is 0 Å². The highest BCUT2D eigenvalue weighted by atomic mass is 16.2. The van der Waals surface area contributed by atoms with Crippen molar-refractivity contribution in [3.05, 3.63) is 40.8 Å². The Morgan fingerprint density at radius 1 is 1.69 bits per heavy atom. The summed E-state index contributed by atoms with van der Waals surface area (Å²) in [5.41, 5.74) is -0.151. The SMILES string of the molecule is C=CCNC(=O)c1ccc(=O)[nH]n1. The summed E-state index contributed by atoms with van der Waals surface area (Å²) in [7, 11) is 0. The van der Waals surface area contributed by atoms with E-state index in [0.29, 0.717) is 6.54 Å². The average Bonchev–Trinajstić information content (AvgIpc) is 2.15. The molecule has 5 heteroatoms. The van der Waals surface area contributed by atoms with Crippen LogP contribution in [0.15, 0.2) is 29.6 Å². The van der Waals surface area contributed by atoms with Gasteiger partial charge in [-0.15, -0.1) is 6.58 Å². The van der Waals surface area contributed by atoms with Crippen molar-refractivity contribution in [3.8, 4) is 0 Å². The fourth-order valence-corrected chi connectivity index (χ4v) is 0.726. The zero-order valence-electron chi connectivity index (χ0n) is 6.91. The van der Waals surface area contributed by atoms with Crippen LogP contribution in [0.4, 0.5) is 0 Å². The Kier molecular flexibility index (Phi) is 2.97. The van der Waals surface area contributed by atoms with Crippen molar-refractivity contribution < 1.29 is 4.79 Å². The van der Waals surface area contributed by atoms with E-state index in [-0.39, 0.29) is 17.2 Å². The van der Waals surface area contributed by atoms with Gasteiger partial charge in [-0.25, -0.2) is 5.10 Å². The number of carbonyl (C=O) groups excluding carboxylic acids is 1. The lowest BCUT2D eigenvalue weighted by Gasteiger charge is -1.98. The number of aromatic nitrogens is 2. The van der Waals surface area contributed by atoms with Crippen LogP contribution in [0.1, 0.15) is 10.5 Å². The minimum absolute atomic E-state index is 0.182. The van der Waals surface area contributed by atoms with Crippen molar-refractivity contribution in [2.24, 2.45) is 0 Å². The molecule has 0 unspecified atom stereocenters. The molecule has 0 aliphatic heterocycles. The number of carbonyl (C=O) groups is 1. The largest absolute Gasteiger partial charge is 0.347 e. The minimum atomic E-state index is -0.337. The molecule has 0 saturated carbocycles. The van der Waals surface area contributed by atoms with Gasteiger partial charge in [0.2, 0.25) is 0 Å². The van der Waals surface area contributed by atoms with E-state index in [9.17, 15) is 9.59 Å². The summed E-state index contributed by atoms with van der Waals surface area (Å²) in [5.74, 6) is -0.337. The predicted molar refractivity (Wildman–Crippen MR) is 47.4 cm³/mol. The number of aromatic amines is 1. The number of hydrogen-bond donors (Lipinski definition) is 2. The van der Waals surface area contributed by atoms with Gasteiger partial charge in [-0.1, -0.05) is 6.08 Å².